The maximum Gasteiger partial charge on any atom is 0.339 e. The van der Waals surface area contributed by atoms with Crippen LogP contribution >= 0.6 is 0 Å². The lowest BCUT2D eigenvalue weighted by Gasteiger charge is -2.23. The average Bonchev–Trinajstić information content (AvgIpc) is 2.21. The van der Waals surface area contributed by atoms with Gasteiger partial charge in [0.05, 0.1) is 5.56 Å². The van der Waals surface area contributed by atoms with E-state index in [0.29, 0.717) is 0 Å². The third kappa shape index (κ3) is 2.74. The van der Waals surface area contributed by atoms with Gasteiger partial charge in [-0.25, -0.2) is 4.79 Å². The van der Waals surface area contributed by atoms with Gasteiger partial charge in [-0.1, -0.05) is 0 Å². The summed E-state index contributed by atoms with van der Waals surface area (Å²) in [6.45, 7) is 15.9. The SMILES string of the molecule is Cc1c(C)c(C)c(C(=O)OC(C)(C)C)c(C)c1C. The fraction of sp³-hybridized carbons (Fsp3) is 0.562. The molecule has 1 aromatic carbocycles. The fourth-order valence-corrected chi connectivity index (χ4v) is 2.14. The predicted molar refractivity (Wildman–Crippen MR) is 75.3 cm³/mol. The highest BCUT2D eigenvalue weighted by Gasteiger charge is 2.23. The molecule has 0 N–H and O–H groups in total. The summed E-state index contributed by atoms with van der Waals surface area (Å²) in [4.78, 5) is 12.3. The lowest BCUT2D eigenvalue weighted by atomic mass is 9.89. The molecule has 0 aliphatic rings. The van der Waals surface area contributed by atoms with Crippen LogP contribution in [0.15, 0.2) is 0 Å². The maximum atomic E-state index is 12.3. The lowest BCUT2D eigenvalue weighted by molar-refractivity contribution is 0.00677. The third-order valence-electron chi connectivity index (χ3n) is 3.60. The van der Waals surface area contributed by atoms with Gasteiger partial charge < -0.3 is 4.74 Å². The third-order valence-corrected chi connectivity index (χ3v) is 3.60. The Morgan fingerprint density at radius 2 is 1.11 bits per heavy atom. The Hall–Kier alpha value is -1.31. The van der Waals surface area contributed by atoms with Crippen LogP contribution in [0, 0.1) is 34.6 Å². The smallest absolute Gasteiger partial charge is 0.339 e. The molecular formula is C16H24O2. The minimum atomic E-state index is -0.456. The molecule has 0 spiro atoms. The first-order chi connectivity index (χ1) is 8.06. The molecule has 0 amide bonds. The van der Waals surface area contributed by atoms with Gasteiger partial charge in [0.2, 0.25) is 0 Å². The molecule has 0 fully saturated rings. The van der Waals surface area contributed by atoms with Crippen molar-refractivity contribution in [1.29, 1.82) is 0 Å². The number of hydrogen-bond acceptors (Lipinski definition) is 2. The van der Waals surface area contributed by atoms with Gasteiger partial charge in [-0.15, -0.1) is 0 Å². The number of carbonyl (C=O) groups excluding carboxylic acids is 1. The lowest BCUT2D eigenvalue weighted by Crippen LogP contribution is -2.25. The summed E-state index contributed by atoms with van der Waals surface area (Å²) >= 11 is 0. The molecule has 0 saturated heterocycles. The van der Waals surface area contributed by atoms with Gasteiger partial charge >= 0.3 is 5.97 Å². The van der Waals surface area contributed by atoms with Crippen LogP contribution in [-0.4, -0.2) is 11.6 Å². The van der Waals surface area contributed by atoms with Crippen molar-refractivity contribution in [1.82, 2.24) is 0 Å². The largest absolute Gasteiger partial charge is 0.456 e. The van der Waals surface area contributed by atoms with Crippen LogP contribution in [0.25, 0.3) is 0 Å². The van der Waals surface area contributed by atoms with Crippen molar-refractivity contribution in [3.63, 3.8) is 0 Å². The van der Waals surface area contributed by atoms with Gasteiger partial charge in [-0.05, 0) is 83.2 Å². The number of hydrogen-bond donors (Lipinski definition) is 0. The Morgan fingerprint density at radius 3 is 1.44 bits per heavy atom. The quantitative estimate of drug-likeness (QED) is 0.697. The van der Waals surface area contributed by atoms with E-state index in [1.54, 1.807) is 0 Å². The summed E-state index contributed by atoms with van der Waals surface area (Å²) in [5, 5.41) is 0. The van der Waals surface area contributed by atoms with Gasteiger partial charge in [0.1, 0.15) is 5.60 Å². The Labute approximate surface area is 110 Å². The highest BCUT2D eigenvalue weighted by Crippen LogP contribution is 2.27. The van der Waals surface area contributed by atoms with Crippen LogP contribution in [0.1, 0.15) is 58.9 Å². The zero-order chi connectivity index (χ0) is 14.2. The Morgan fingerprint density at radius 1 is 0.778 bits per heavy atom. The van der Waals surface area contributed by atoms with Crippen molar-refractivity contribution in [3.8, 4) is 0 Å². The summed E-state index contributed by atoms with van der Waals surface area (Å²) in [5.74, 6) is -0.219. The van der Waals surface area contributed by atoms with E-state index in [9.17, 15) is 4.79 Å². The zero-order valence-corrected chi connectivity index (χ0v) is 12.8. The molecule has 2 nitrogen and oxygen atoms in total. The van der Waals surface area contributed by atoms with Crippen LogP contribution in [0.4, 0.5) is 0 Å². The molecule has 18 heavy (non-hydrogen) atoms. The van der Waals surface area contributed by atoms with Crippen molar-refractivity contribution < 1.29 is 9.53 Å². The molecule has 2 heteroatoms. The molecule has 100 valence electrons. The van der Waals surface area contributed by atoms with Gasteiger partial charge in [0.25, 0.3) is 0 Å². The Bertz CT molecular complexity index is 462. The van der Waals surface area contributed by atoms with E-state index in [2.05, 4.69) is 20.8 Å². The van der Waals surface area contributed by atoms with E-state index in [1.165, 1.54) is 16.7 Å². The van der Waals surface area contributed by atoms with Crippen LogP contribution in [0.3, 0.4) is 0 Å². The van der Waals surface area contributed by atoms with Crippen molar-refractivity contribution in [2.45, 2.75) is 61.0 Å². The molecule has 0 aliphatic heterocycles. The second-order valence-electron chi connectivity index (χ2n) is 6.00. The van der Waals surface area contributed by atoms with Crippen molar-refractivity contribution in [2.24, 2.45) is 0 Å². The summed E-state index contributed by atoms with van der Waals surface area (Å²) in [5.41, 5.74) is 5.96. The first kappa shape index (κ1) is 14.7. The minimum Gasteiger partial charge on any atom is -0.456 e. The van der Waals surface area contributed by atoms with E-state index in [0.717, 1.165) is 16.7 Å². The molecule has 0 aromatic heterocycles. The number of esters is 1. The second kappa shape index (κ2) is 4.75. The fourth-order valence-electron chi connectivity index (χ4n) is 2.14. The molecule has 1 aromatic rings. The van der Waals surface area contributed by atoms with E-state index < -0.39 is 5.60 Å². The second-order valence-corrected chi connectivity index (χ2v) is 6.00. The van der Waals surface area contributed by atoms with Gasteiger partial charge in [0.15, 0.2) is 0 Å². The molecule has 0 radical (unpaired) electrons. The Balaban J connectivity index is 3.38. The van der Waals surface area contributed by atoms with Crippen LogP contribution in [0.5, 0.6) is 0 Å². The average molecular weight is 248 g/mol. The summed E-state index contributed by atoms with van der Waals surface area (Å²) in [7, 11) is 0. The summed E-state index contributed by atoms with van der Waals surface area (Å²) in [6.07, 6.45) is 0. The molecule has 0 aliphatic carbocycles. The van der Waals surface area contributed by atoms with Crippen LogP contribution in [0.2, 0.25) is 0 Å². The first-order valence-corrected chi connectivity index (χ1v) is 6.36. The number of carbonyl (C=O) groups is 1. The normalized spacial score (nSPS) is 11.6. The van der Waals surface area contributed by atoms with Crippen LogP contribution < -0.4 is 0 Å². The summed E-state index contributed by atoms with van der Waals surface area (Å²) in [6, 6.07) is 0. The highest BCUT2D eigenvalue weighted by atomic mass is 16.6. The van der Waals surface area contributed by atoms with Gasteiger partial charge in [0, 0.05) is 0 Å². The molecular weight excluding hydrogens is 224 g/mol. The van der Waals surface area contributed by atoms with Gasteiger partial charge in [-0.3, -0.25) is 0 Å². The Kier molecular flexibility index (Phi) is 3.89. The van der Waals surface area contributed by atoms with Crippen molar-refractivity contribution in [3.05, 3.63) is 33.4 Å². The van der Waals surface area contributed by atoms with E-state index in [1.807, 2.05) is 34.6 Å². The molecule has 0 heterocycles. The molecule has 0 saturated carbocycles. The van der Waals surface area contributed by atoms with Crippen LogP contribution in [-0.2, 0) is 4.74 Å². The van der Waals surface area contributed by atoms with E-state index in [-0.39, 0.29) is 5.97 Å². The zero-order valence-electron chi connectivity index (χ0n) is 12.8. The highest BCUT2D eigenvalue weighted by molar-refractivity contribution is 5.94. The molecule has 1 rings (SSSR count). The molecule has 0 unspecified atom stereocenters. The van der Waals surface area contributed by atoms with Crippen molar-refractivity contribution >= 4 is 5.97 Å². The van der Waals surface area contributed by atoms with E-state index in [4.69, 9.17) is 4.74 Å². The topological polar surface area (TPSA) is 26.3 Å². The summed E-state index contributed by atoms with van der Waals surface area (Å²) < 4.78 is 5.50. The number of ether oxygens (including phenoxy) is 1. The predicted octanol–water partition coefficient (Wildman–Crippen LogP) is 4.18. The number of benzene rings is 1. The maximum absolute atomic E-state index is 12.3. The molecule has 0 atom stereocenters. The monoisotopic (exact) mass is 248 g/mol. The minimum absolute atomic E-state index is 0.219. The number of rotatable bonds is 1. The standard InChI is InChI=1S/C16H24O2/c1-9-10(2)12(4)14(13(5)11(9)3)15(17)18-16(6,7)8/h1-8H3. The molecule has 0 bridgehead atoms. The van der Waals surface area contributed by atoms with Gasteiger partial charge in [-0.2, -0.15) is 0 Å². The van der Waals surface area contributed by atoms with Crippen molar-refractivity contribution in [2.75, 3.05) is 0 Å². The first-order valence-electron chi connectivity index (χ1n) is 6.36. The van der Waals surface area contributed by atoms with E-state index >= 15 is 0 Å².